The Hall–Kier alpha value is -1.38. The molecule has 3 rings (SSSR count). The largest absolute Gasteiger partial charge is 0.353 e. The van der Waals surface area contributed by atoms with E-state index in [1.807, 2.05) is 24.3 Å². The number of hydrogen-bond donors (Lipinski definition) is 1. The minimum absolute atomic E-state index is 0.0349. The third kappa shape index (κ3) is 1.19. The van der Waals surface area contributed by atoms with E-state index < -0.39 is 5.92 Å². The normalized spacial score (nSPS) is 19.1. The highest BCUT2D eigenvalue weighted by molar-refractivity contribution is 5.85. The van der Waals surface area contributed by atoms with Crippen LogP contribution in [-0.4, -0.2) is 4.98 Å². The Morgan fingerprint density at radius 2 is 2.00 bits per heavy atom. The lowest BCUT2D eigenvalue weighted by atomic mass is 9.93. The second kappa shape index (κ2) is 2.81. The SMILES string of the molecule is FC1(F)CCCc2c1[nH]c1ccccc21. The fourth-order valence-corrected chi connectivity index (χ4v) is 2.38. The highest BCUT2D eigenvalue weighted by Gasteiger charge is 2.38. The lowest BCUT2D eigenvalue weighted by Crippen LogP contribution is -2.20. The molecule has 15 heavy (non-hydrogen) atoms. The molecule has 78 valence electrons. The first-order chi connectivity index (χ1) is 7.18. The summed E-state index contributed by atoms with van der Waals surface area (Å²) >= 11 is 0. The molecule has 0 radical (unpaired) electrons. The predicted molar refractivity (Wildman–Crippen MR) is 55.1 cm³/mol. The number of fused-ring (bicyclic) bond motifs is 3. The van der Waals surface area contributed by atoms with Crippen LogP contribution in [0.15, 0.2) is 24.3 Å². The van der Waals surface area contributed by atoms with Gasteiger partial charge in [-0.15, -0.1) is 0 Å². The molecule has 3 heteroatoms. The Bertz CT molecular complexity index is 513. The van der Waals surface area contributed by atoms with Gasteiger partial charge in [0.15, 0.2) is 0 Å². The molecule has 0 amide bonds. The fourth-order valence-electron chi connectivity index (χ4n) is 2.38. The van der Waals surface area contributed by atoms with Gasteiger partial charge in [-0.3, -0.25) is 0 Å². The summed E-state index contributed by atoms with van der Waals surface area (Å²) in [4.78, 5) is 2.86. The second-order valence-corrected chi connectivity index (χ2v) is 4.08. The van der Waals surface area contributed by atoms with E-state index in [1.165, 1.54) is 0 Å². The number of aromatic nitrogens is 1. The Balaban J connectivity index is 2.34. The van der Waals surface area contributed by atoms with E-state index in [4.69, 9.17) is 0 Å². The third-order valence-corrected chi connectivity index (χ3v) is 3.10. The summed E-state index contributed by atoms with van der Waals surface area (Å²) in [5, 5.41) is 0.951. The van der Waals surface area contributed by atoms with Gasteiger partial charge in [0.05, 0.1) is 5.69 Å². The molecule has 0 bridgehead atoms. The lowest BCUT2D eigenvalue weighted by Gasteiger charge is -2.21. The van der Waals surface area contributed by atoms with Crippen LogP contribution >= 0.6 is 0 Å². The number of H-pyrrole nitrogens is 1. The van der Waals surface area contributed by atoms with Crippen molar-refractivity contribution < 1.29 is 8.78 Å². The number of rotatable bonds is 0. The lowest BCUT2D eigenvalue weighted by molar-refractivity contribution is -0.0252. The minimum atomic E-state index is -2.67. The number of aromatic amines is 1. The first-order valence-electron chi connectivity index (χ1n) is 5.16. The topological polar surface area (TPSA) is 15.8 Å². The molecule has 0 aliphatic heterocycles. The minimum Gasteiger partial charge on any atom is -0.353 e. The molecule has 1 aliphatic rings. The van der Waals surface area contributed by atoms with Crippen molar-refractivity contribution in [2.45, 2.75) is 25.2 Å². The smallest absolute Gasteiger partial charge is 0.287 e. The third-order valence-electron chi connectivity index (χ3n) is 3.10. The number of hydrogen-bond acceptors (Lipinski definition) is 0. The van der Waals surface area contributed by atoms with Crippen LogP contribution in [0, 0.1) is 0 Å². The van der Waals surface area contributed by atoms with Crippen LogP contribution in [0.25, 0.3) is 10.9 Å². The maximum Gasteiger partial charge on any atom is 0.287 e. The molecule has 1 aromatic heterocycles. The Labute approximate surface area is 86.1 Å². The second-order valence-electron chi connectivity index (χ2n) is 4.08. The molecule has 0 saturated carbocycles. The fraction of sp³-hybridized carbons (Fsp3) is 0.333. The zero-order chi connectivity index (χ0) is 10.5. The van der Waals surface area contributed by atoms with Crippen LogP contribution in [0.5, 0.6) is 0 Å². The number of nitrogens with one attached hydrogen (secondary N) is 1. The maximum atomic E-state index is 13.6. The van der Waals surface area contributed by atoms with Crippen molar-refractivity contribution in [1.82, 2.24) is 4.98 Å². The van der Waals surface area contributed by atoms with Gasteiger partial charge >= 0.3 is 0 Å². The first-order valence-corrected chi connectivity index (χ1v) is 5.16. The van der Waals surface area contributed by atoms with E-state index >= 15 is 0 Å². The molecule has 0 unspecified atom stereocenters. The van der Waals surface area contributed by atoms with Gasteiger partial charge in [-0.05, 0) is 24.5 Å². The number of alkyl halides is 2. The van der Waals surface area contributed by atoms with Crippen molar-refractivity contribution in [2.24, 2.45) is 0 Å². The van der Waals surface area contributed by atoms with E-state index in [0.717, 1.165) is 22.9 Å². The summed E-state index contributed by atoms with van der Waals surface area (Å²) < 4.78 is 27.2. The molecule has 1 aromatic carbocycles. The van der Waals surface area contributed by atoms with Gasteiger partial charge in [-0.2, -0.15) is 8.78 Å². The van der Waals surface area contributed by atoms with Crippen molar-refractivity contribution in [1.29, 1.82) is 0 Å². The van der Waals surface area contributed by atoms with Crippen molar-refractivity contribution in [3.8, 4) is 0 Å². The molecule has 1 aliphatic carbocycles. The van der Waals surface area contributed by atoms with Gasteiger partial charge < -0.3 is 4.98 Å². The summed E-state index contributed by atoms with van der Waals surface area (Å²) in [6, 6.07) is 7.52. The summed E-state index contributed by atoms with van der Waals surface area (Å²) in [5.74, 6) is -2.67. The maximum absolute atomic E-state index is 13.6. The summed E-state index contributed by atoms with van der Waals surface area (Å²) in [6.45, 7) is 0. The van der Waals surface area contributed by atoms with E-state index in [1.54, 1.807) is 0 Å². The van der Waals surface area contributed by atoms with Gasteiger partial charge in [0, 0.05) is 17.3 Å². The predicted octanol–water partition coefficient (Wildman–Crippen LogP) is 3.60. The van der Waals surface area contributed by atoms with Gasteiger partial charge in [0.25, 0.3) is 5.92 Å². The molecule has 2 aromatic rings. The van der Waals surface area contributed by atoms with Crippen LogP contribution in [0.1, 0.15) is 24.1 Å². The first kappa shape index (κ1) is 8.89. The van der Waals surface area contributed by atoms with Gasteiger partial charge in [-0.1, -0.05) is 18.2 Å². The highest BCUT2D eigenvalue weighted by Crippen LogP contribution is 2.42. The van der Waals surface area contributed by atoms with E-state index in [0.29, 0.717) is 6.42 Å². The Kier molecular flexibility index (Phi) is 1.67. The van der Waals surface area contributed by atoms with Gasteiger partial charge in [0.2, 0.25) is 0 Å². The molecule has 1 N–H and O–H groups in total. The number of benzene rings is 1. The van der Waals surface area contributed by atoms with Gasteiger partial charge in [-0.25, -0.2) is 0 Å². The number of para-hydroxylation sites is 1. The summed E-state index contributed by atoms with van der Waals surface area (Å²) in [6.07, 6.45) is 1.30. The molecule has 0 fully saturated rings. The van der Waals surface area contributed by atoms with Crippen molar-refractivity contribution >= 4 is 10.9 Å². The standard InChI is InChI=1S/C12H11F2N/c13-12(14)7-3-5-9-8-4-1-2-6-10(8)15-11(9)12/h1-2,4,6,15H,3,5,7H2. The zero-order valence-electron chi connectivity index (χ0n) is 8.19. The molecule has 0 spiro atoms. The highest BCUT2D eigenvalue weighted by atomic mass is 19.3. The molecule has 1 heterocycles. The van der Waals surface area contributed by atoms with Crippen LogP contribution in [-0.2, 0) is 12.3 Å². The van der Waals surface area contributed by atoms with Crippen molar-refractivity contribution in [3.63, 3.8) is 0 Å². The van der Waals surface area contributed by atoms with E-state index in [-0.39, 0.29) is 12.1 Å². The van der Waals surface area contributed by atoms with E-state index in [9.17, 15) is 8.78 Å². The Morgan fingerprint density at radius 1 is 1.20 bits per heavy atom. The number of halogens is 2. The Morgan fingerprint density at radius 3 is 2.87 bits per heavy atom. The van der Waals surface area contributed by atoms with Crippen molar-refractivity contribution in [3.05, 3.63) is 35.5 Å². The molecule has 0 atom stereocenters. The van der Waals surface area contributed by atoms with Crippen LogP contribution < -0.4 is 0 Å². The monoisotopic (exact) mass is 207 g/mol. The molecule has 0 saturated heterocycles. The average molecular weight is 207 g/mol. The summed E-state index contributed by atoms with van der Waals surface area (Å²) in [5.41, 5.74) is 1.76. The van der Waals surface area contributed by atoms with E-state index in [2.05, 4.69) is 4.98 Å². The zero-order valence-corrected chi connectivity index (χ0v) is 8.19. The van der Waals surface area contributed by atoms with Gasteiger partial charge in [0.1, 0.15) is 0 Å². The van der Waals surface area contributed by atoms with Crippen LogP contribution in [0.4, 0.5) is 8.78 Å². The average Bonchev–Trinajstić information content (AvgIpc) is 2.58. The molecule has 1 nitrogen and oxygen atoms in total. The van der Waals surface area contributed by atoms with Crippen LogP contribution in [0.3, 0.4) is 0 Å². The quantitative estimate of drug-likeness (QED) is 0.679. The molecular weight excluding hydrogens is 196 g/mol. The molecular formula is C12H11F2N. The van der Waals surface area contributed by atoms with Crippen molar-refractivity contribution in [2.75, 3.05) is 0 Å². The summed E-state index contributed by atoms with van der Waals surface area (Å²) in [7, 11) is 0. The van der Waals surface area contributed by atoms with Crippen LogP contribution in [0.2, 0.25) is 0 Å². The number of aryl methyl sites for hydroxylation is 1.